The van der Waals surface area contributed by atoms with Gasteiger partial charge in [-0.25, -0.2) is 0 Å². The van der Waals surface area contributed by atoms with Crippen molar-refractivity contribution in [3.8, 4) is 0 Å². The van der Waals surface area contributed by atoms with Crippen molar-refractivity contribution in [1.29, 1.82) is 0 Å². The zero-order chi connectivity index (χ0) is 14.7. The van der Waals surface area contributed by atoms with Gasteiger partial charge < -0.3 is 9.88 Å². The molecule has 20 heavy (non-hydrogen) atoms. The number of para-hydroxylation sites is 1. The van der Waals surface area contributed by atoms with Crippen LogP contribution in [0.2, 0.25) is 0 Å². The van der Waals surface area contributed by atoms with Crippen molar-refractivity contribution < 1.29 is 4.92 Å². The summed E-state index contributed by atoms with van der Waals surface area (Å²) in [5, 5.41) is 22.7. The first-order valence-electron chi connectivity index (χ1n) is 5.97. The second-order valence-corrected chi connectivity index (χ2v) is 5.14. The molecule has 1 aromatic carbocycles. The van der Waals surface area contributed by atoms with Crippen LogP contribution >= 0.6 is 11.8 Å². The number of nitro benzene ring substituents is 1. The topological polar surface area (TPSA) is 85.9 Å². The first-order valence-corrected chi connectivity index (χ1v) is 6.96. The Morgan fingerprint density at radius 3 is 2.75 bits per heavy atom. The third-order valence-electron chi connectivity index (χ3n) is 2.98. The van der Waals surface area contributed by atoms with E-state index in [0.717, 1.165) is 16.5 Å². The molecule has 0 radical (unpaired) electrons. The summed E-state index contributed by atoms with van der Waals surface area (Å²) < 4.78 is 1.89. The maximum Gasteiger partial charge on any atom is 0.292 e. The van der Waals surface area contributed by atoms with Crippen LogP contribution < -0.4 is 5.32 Å². The lowest BCUT2D eigenvalue weighted by Crippen LogP contribution is -2.01. The number of rotatable bonds is 5. The van der Waals surface area contributed by atoms with Crippen LogP contribution in [-0.4, -0.2) is 26.7 Å². The van der Waals surface area contributed by atoms with Crippen molar-refractivity contribution >= 4 is 23.1 Å². The van der Waals surface area contributed by atoms with E-state index in [2.05, 4.69) is 15.5 Å². The minimum atomic E-state index is -0.382. The molecule has 0 bridgehead atoms. The molecule has 0 fully saturated rings. The molecule has 2 rings (SSSR count). The number of thioether (sulfide) groups is 1. The van der Waals surface area contributed by atoms with E-state index in [1.807, 2.05) is 24.6 Å². The van der Waals surface area contributed by atoms with Crippen molar-refractivity contribution in [3.05, 3.63) is 39.7 Å². The Morgan fingerprint density at radius 1 is 1.45 bits per heavy atom. The summed E-state index contributed by atoms with van der Waals surface area (Å²) in [6, 6.07) is 5.05. The van der Waals surface area contributed by atoms with Gasteiger partial charge in [-0.3, -0.25) is 10.1 Å². The fourth-order valence-electron chi connectivity index (χ4n) is 1.80. The van der Waals surface area contributed by atoms with Crippen LogP contribution in [0.15, 0.2) is 23.4 Å². The minimum Gasteiger partial charge on any atom is -0.382 e. The van der Waals surface area contributed by atoms with Crippen LogP contribution in [-0.2, 0) is 12.8 Å². The monoisotopic (exact) mass is 293 g/mol. The Hall–Kier alpha value is -2.09. The Kier molecular flexibility index (Phi) is 4.23. The van der Waals surface area contributed by atoms with Crippen molar-refractivity contribution in [2.75, 3.05) is 12.4 Å². The fourth-order valence-corrected chi connectivity index (χ4v) is 2.75. The average molecular weight is 293 g/mol. The molecule has 1 aromatic heterocycles. The van der Waals surface area contributed by atoms with Gasteiger partial charge in [-0.05, 0) is 12.5 Å². The SMILES string of the molecule is CNc1c(CSc2nnc(C)n2C)cccc1[N+](=O)[O-]. The van der Waals surface area contributed by atoms with Gasteiger partial charge in [0.1, 0.15) is 11.5 Å². The zero-order valence-electron chi connectivity index (χ0n) is 11.5. The fraction of sp³-hybridized carbons (Fsp3) is 0.333. The van der Waals surface area contributed by atoms with E-state index >= 15 is 0 Å². The lowest BCUT2D eigenvalue weighted by Gasteiger charge is -2.09. The standard InChI is InChI=1S/C12H15N5O2S/c1-8-14-15-12(16(8)3)20-7-9-5-4-6-10(17(18)19)11(9)13-2/h4-6,13H,7H2,1-3H3. The van der Waals surface area contributed by atoms with Gasteiger partial charge in [0, 0.05) is 25.9 Å². The third kappa shape index (κ3) is 2.74. The highest BCUT2D eigenvalue weighted by Crippen LogP contribution is 2.32. The number of nitro groups is 1. The number of anilines is 1. The Bertz CT molecular complexity index is 641. The van der Waals surface area contributed by atoms with Crippen LogP contribution in [0.1, 0.15) is 11.4 Å². The summed E-state index contributed by atoms with van der Waals surface area (Å²) in [6.45, 7) is 1.88. The molecule has 0 spiro atoms. The first-order chi connectivity index (χ1) is 9.54. The van der Waals surface area contributed by atoms with E-state index in [0.29, 0.717) is 11.4 Å². The molecule has 0 aliphatic carbocycles. The number of aromatic nitrogens is 3. The first kappa shape index (κ1) is 14.3. The molecular weight excluding hydrogens is 278 g/mol. The smallest absolute Gasteiger partial charge is 0.292 e. The minimum absolute atomic E-state index is 0.0831. The molecule has 106 valence electrons. The lowest BCUT2D eigenvalue weighted by molar-refractivity contribution is -0.384. The number of hydrogen-bond donors (Lipinski definition) is 1. The van der Waals surface area contributed by atoms with Crippen LogP contribution in [0, 0.1) is 17.0 Å². The van der Waals surface area contributed by atoms with Gasteiger partial charge in [0.15, 0.2) is 5.16 Å². The number of nitrogens with zero attached hydrogens (tertiary/aromatic N) is 4. The summed E-state index contributed by atoms with van der Waals surface area (Å²) in [5.41, 5.74) is 1.50. The average Bonchev–Trinajstić information content (AvgIpc) is 2.76. The Labute approximate surface area is 120 Å². The van der Waals surface area contributed by atoms with E-state index in [-0.39, 0.29) is 10.6 Å². The van der Waals surface area contributed by atoms with Crippen molar-refractivity contribution in [3.63, 3.8) is 0 Å². The second kappa shape index (κ2) is 5.91. The molecule has 0 aliphatic heterocycles. The highest BCUT2D eigenvalue weighted by molar-refractivity contribution is 7.98. The van der Waals surface area contributed by atoms with Gasteiger partial charge in [-0.15, -0.1) is 10.2 Å². The summed E-state index contributed by atoms with van der Waals surface area (Å²) >= 11 is 1.50. The normalized spacial score (nSPS) is 10.6. The number of aryl methyl sites for hydroxylation is 1. The van der Waals surface area contributed by atoms with Crippen molar-refractivity contribution in [1.82, 2.24) is 14.8 Å². The Morgan fingerprint density at radius 2 is 2.20 bits per heavy atom. The molecule has 0 saturated heterocycles. The highest BCUT2D eigenvalue weighted by Gasteiger charge is 2.16. The third-order valence-corrected chi connectivity index (χ3v) is 4.05. The lowest BCUT2D eigenvalue weighted by atomic mass is 10.1. The summed E-state index contributed by atoms with van der Waals surface area (Å²) in [7, 11) is 3.58. The van der Waals surface area contributed by atoms with E-state index in [4.69, 9.17) is 0 Å². The molecule has 1 N–H and O–H groups in total. The molecule has 0 saturated carbocycles. The Balaban J connectivity index is 2.23. The maximum atomic E-state index is 11.0. The van der Waals surface area contributed by atoms with Crippen molar-refractivity contribution in [2.24, 2.45) is 7.05 Å². The molecule has 8 heteroatoms. The van der Waals surface area contributed by atoms with E-state index in [1.165, 1.54) is 17.8 Å². The largest absolute Gasteiger partial charge is 0.382 e. The molecule has 7 nitrogen and oxygen atoms in total. The van der Waals surface area contributed by atoms with Gasteiger partial charge in [0.2, 0.25) is 0 Å². The highest BCUT2D eigenvalue weighted by atomic mass is 32.2. The predicted molar refractivity (Wildman–Crippen MR) is 77.9 cm³/mol. The molecule has 2 aromatic rings. The van der Waals surface area contributed by atoms with E-state index in [1.54, 1.807) is 13.1 Å². The van der Waals surface area contributed by atoms with Gasteiger partial charge in [0.25, 0.3) is 5.69 Å². The maximum absolute atomic E-state index is 11.0. The second-order valence-electron chi connectivity index (χ2n) is 4.20. The summed E-state index contributed by atoms with van der Waals surface area (Å²) in [4.78, 5) is 10.6. The molecule has 1 heterocycles. The van der Waals surface area contributed by atoms with E-state index < -0.39 is 0 Å². The molecular formula is C12H15N5O2S. The molecule has 0 atom stereocenters. The van der Waals surface area contributed by atoms with Gasteiger partial charge in [-0.1, -0.05) is 23.9 Å². The number of benzene rings is 1. The van der Waals surface area contributed by atoms with Gasteiger partial charge >= 0.3 is 0 Å². The van der Waals surface area contributed by atoms with Crippen LogP contribution in [0.5, 0.6) is 0 Å². The van der Waals surface area contributed by atoms with Crippen LogP contribution in [0.25, 0.3) is 0 Å². The van der Waals surface area contributed by atoms with Crippen LogP contribution in [0.3, 0.4) is 0 Å². The summed E-state index contributed by atoms with van der Waals surface area (Å²) in [5.74, 6) is 1.42. The summed E-state index contributed by atoms with van der Waals surface area (Å²) in [6.07, 6.45) is 0. The number of nitrogens with one attached hydrogen (secondary N) is 1. The van der Waals surface area contributed by atoms with Gasteiger partial charge in [0.05, 0.1) is 4.92 Å². The molecule has 0 aliphatic rings. The molecule has 0 amide bonds. The number of hydrogen-bond acceptors (Lipinski definition) is 6. The zero-order valence-corrected chi connectivity index (χ0v) is 12.3. The van der Waals surface area contributed by atoms with Gasteiger partial charge in [-0.2, -0.15) is 0 Å². The quantitative estimate of drug-likeness (QED) is 0.517. The van der Waals surface area contributed by atoms with E-state index in [9.17, 15) is 10.1 Å². The molecule has 0 unspecified atom stereocenters. The van der Waals surface area contributed by atoms with Crippen molar-refractivity contribution in [2.45, 2.75) is 17.8 Å². The predicted octanol–water partition coefficient (Wildman–Crippen LogP) is 2.37. The van der Waals surface area contributed by atoms with Crippen LogP contribution in [0.4, 0.5) is 11.4 Å².